The Kier molecular flexibility index (Phi) is 3.56. The Morgan fingerprint density at radius 1 is 1.08 bits per heavy atom. The monoisotopic (exact) mass is 324 g/mol. The van der Waals surface area contributed by atoms with E-state index in [0.29, 0.717) is 6.54 Å². The van der Waals surface area contributed by atoms with E-state index in [1.165, 1.54) is 11.1 Å². The summed E-state index contributed by atoms with van der Waals surface area (Å²) in [5.74, 6) is 1.48. The van der Waals surface area contributed by atoms with Crippen LogP contribution in [0.5, 0.6) is 11.5 Å². The Bertz CT molecular complexity index is 767. The molecule has 1 aliphatic heterocycles. The molecule has 1 saturated carbocycles. The quantitative estimate of drug-likeness (QED) is 0.908. The van der Waals surface area contributed by atoms with Crippen LogP contribution in [0.4, 0.5) is 4.79 Å². The number of rotatable bonds is 4. The molecular formula is C19H20N2O3. The normalized spacial score (nSPS) is 16.5. The molecule has 0 spiro atoms. The number of carbonyl (C=O) groups is 1. The number of fused-ring (bicyclic) bond motifs is 1. The van der Waals surface area contributed by atoms with Gasteiger partial charge in [-0.05, 0) is 43.0 Å². The van der Waals surface area contributed by atoms with Crippen LogP contribution in [0.1, 0.15) is 29.5 Å². The Morgan fingerprint density at radius 3 is 2.58 bits per heavy atom. The highest BCUT2D eigenvalue weighted by Crippen LogP contribution is 2.45. The molecule has 2 aromatic rings. The first-order valence-electron chi connectivity index (χ1n) is 8.16. The SMILES string of the molecule is Cc1ccc(C2(NC(=O)NCc3ccc4c(c3)OCO4)CC2)cc1. The lowest BCUT2D eigenvalue weighted by Gasteiger charge is -2.18. The zero-order chi connectivity index (χ0) is 16.6. The molecule has 0 aromatic heterocycles. The van der Waals surface area contributed by atoms with Crippen LogP contribution in [0, 0.1) is 6.92 Å². The van der Waals surface area contributed by atoms with E-state index >= 15 is 0 Å². The van der Waals surface area contributed by atoms with E-state index in [1.807, 2.05) is 18.2 Å². The van der Waals surface area contributed by atoms with Crippen molar-refractivity contribution in [3.05, 3.63) is 59.2 Å². The fourth-order valence-electron chi connectivity index (χ4n) is 2.98. The van der Waals surface area contributed by atoms with Crippen molar-refractivity contribution in [3.63, 3.8) is 0 Å². The van der Waals surface area contributed by atoms with E-state index in [0.717, 1.165) is 29.9 Å². The molecule has 0 saturated heterocycles. The van der Waals surface area contributed by atoms with Crippen LogP contribution >= 0.6 is 0 Å². The first-order valence-corrected chi connectivity index (χ1v) is 8.16. The minimum atomic E-state index is -0.202. The van der Waals surface area contributed by atoms with Crippen molar-refractivity contribution < 1.29 is 14.3 Å². The van der Waals surface area contributed by atoms with Gasteiger partial charge in [0.05, 0.1) is 5.54 Å². The summed E-state index contributed by atoms with van der Waals surface area (Å²) in [6, 6.07) is 13.9. The number of nitrogens with one attached hydrogen (secondary N) is 2. The predicted octanol–water partition coefficient (Wildman–Crippen LogP) is 3.21. The van der Waals surface area contributed by atoms with Gasteiger partial charge >= 0.3 is 6.03 Å². The van der Waals surface area contributed by atoms with Gasteiger partial charge in [-0.2, -0.15) is 0 Å². The van der Waals surface area contributed by atoms with Crippen molar-refractivity contribution in [3.8, 4) is 11.5 Å². The molecule has 2 aromatic carbocycles. The minimum absolute atomic E-state index is 0.147. The molecule has 2 amide bonds. The highest BCUT2D eigenvalue weighted by molar-refractivity contribution is 5.75. The van der Waals surface area contributed by atoms with Crippen molar-refractivity contribution in [2.75, 3.05) is 6.79 Å². The van der Waals surface area contributed by atoms with Gasteiger partial charge in [0, 0.05) is 6.54 Å². The maximum Gasteiger partial charge on any atom is 0.315 e. The molecule has 0 radical (unpaired) electrons. The number of hydrogen-bond donors (Lipinski definition) is 2. The maximum absolute atomic E-state index is 12.3. The lowest BCUT2D eigenvalue weighted by Crippen LogP contribution is -2.41. The Hall–Kier alpha value is -2.69. The molecule has 1 heterocycles. The lowest BCUT2D eigenvalue weighted by molar-refractivity contribution is 0.174. The van der Waals surface area contributed by atoms with Gasteiger partial charge in [0.15, 0.2) is 11.5 Å². The van der Waals surface area contributed by atoms with Gasteiger partial charge in [0.2, 0.25) is 6.79 Å². The maximum atomic E-state index is 12.3. The van der Waals surface area contributed by atoms with E-state index in [4.69, 9.17) is 9.47 Å². The summed E-state index contributed by atoms with van der Waals surface area (Å²) < 4.78 is 10.6. The molecule has 124 valence electrons. The number of hydrogen-bond acceptors (Lipinski definition) is 3. The van der Waals surface area contributed by atoms with Crippen LogP contribution in [0.3, 0.4) is 0 Å². The number of carbonyl (C=O) groups excluding carboxylic acids is 1. The average Bonchev–Trinajstić information content (AvgIpc) is 3.20. The van der Waals surface area contributed by atoms with Crippen molar-refractivity contribution >= 4 is 6.03 Å². The fourth-order valence-corrected chi connectivity index (χ4v) is 2.98. The van der Waals surface area contributed by atoms with E-state index in [1.54, 1.807) is 0 Å². The van der Waals surface area contributed by atoms with E-state index < -0.39 is 0 Å². The second-order valence-corrected chi connectivity index (χ2v) is 6.44. The third kappa shape index (κ3) is 2.89. The first-order chi connectivity index (χ1) is 11.6. The van der Waals surface area contributed by atoms with Gasteiger partial charge in [0.1, 0.15) is 0 Å². The molecule has 1 aliphatic carbocycles. The van der Waals surface area contributed by atoms with Gasteiger partial charge in [-0.3, -0.25) is 0 Å². The molecule has 5 heteroatoms. The van der Waals surface area contributed by atoms with Crippen molar-refractivity contribution in [2.45, 2.75) is 31.8 Å². The molecule has 2 N–H and O–H groups in total. The third-order valence-corrected chi connectivity index (χ3v) is 4.60. The van der Waals surface area contributed by atoms with E-state index in [-0.39, 0.29) is 18.4 Å². The number of aryl methyl sites for hydroxylation is 1. The topological polar surface area (TPSA) is 59.6 Å². The lowest BCUT2D eigenvalue weighted by atomic mass is 10.0. The van der Waals surface area contributed by atoms with E-state index in [9.17, 15) is 4.79 Å². The molecule has 4 rings (SSSR count). The Labute approximate surface area is 141 Å². The van der Waals surface area contributed by atoms with Crippen LogP contribution in [0.15, 0.2) is 42.5 Å². The minimum Gasteiger partial charge on any atom is -0.454 e. The highest BCUT2D eigenvalue weighted by Gasteiger charge is 2.45. The van der Waals surface area contributed by atoms with Gasteiger partial charge in [-0.1, -0.05) is 35.9 Å². The Balaban J connectivity index is 1.36. The summed E-state index contributed by atoms with van der Waals surface area (Å²) in [5.41, 5.74) is 3.18. The second-order valence-electron chi connectivity index (χ2n) is 6.44. The van der Waals surface area contributed by atoms with Gasteiger partial charge in [-0.25, -0.2) is 4.79 Å². The van der Waals surface area contributed by atoms with Gasteiger partial charge < -0.3 is 20.1 Å². The van der Waals surface area contributed by atoms with Crippen LogP contribution in [-0.4, -0.2) is 12.8 Å². The zero-order valence-electron chi connectivity index (χ0n) is 13.6. The molecule has 0 bridgehead atoms. The second kappa shape index (κ2) is 5.74. The Morgan fingerprint density at radius 2 is 1.83 bits per heavy atom. The molecule has 0 atom stereocenters. The summed E-state index contributed by atoms with van der Waals surface area (Å²) in [5, 5.41) is 6.04. The highest BCUT2D eigenvalue weighted by atomic mass is 16.7. The smallest absolute Gasteiger partial charge is 0.315 e. The molecule has 1 fully saturated rings. The van der Waals surface area contributed by atoms with Gasteiger partial charge in [0.25, 0.3) is 0 Å². The summed E-state index contributed by atoms with van der Waals surface area (Å²) in [4.78, 5) is 12.3. The van der Waals surface area contributed by atoms with Crippen molar-refractivity contribution in [1.82, 2.24) is 10.6 Å². The molecule has 24 heavy (non-hydrogen) atoms. The van der Waals surface area contributed by atoms with Crippen molar-refractivity contribution in [2.24, 2.45) is 0 Å². The number of amides is 2. The standard InChI is InChI=1S/C19H20N2O3/c1-13-2-5-15(6-3-13)19(8-9-19)21-18(22)20-11-14-4-7-16-17(10-14)24-12-23-16/h2-7,10H,8-9,11-12H2,1H3,(H2,20,21,22). The molecule has 0 unspecified atom stereocenters. The van der Waals surface area contributed by atoms with Gasteiger partial charge in [-0.15, -0.1) is 0 Å². The molecule has 2 aliphatic rings. The summed E-state index contributed by atoms with van der Waals surface area (Å²) in [7, 11) is 0. The largest absolute Gasteiger partial charge is 0.454 e. The van der Waals surface area contributed by atoms with Crippen LogP contribution in [0.25, 0.3) is 0 Å². The third-order valence-electron chi connectivity index (χ3n) is 4.60. The number of urea groups is 1. The number of ether oxygens (including phenoxy) is 2. The predicted molar refractivity (Wildman–Crippen MR) is 90.0 cm³/mol. The summed E-state index contributed by atoms with van der Waals surface area (Å²) in [6.45, 7) is 2.77. The molecule has 5 nitrogen and oxygen atoms in total. The molecular weight excluding hydrogens is 304 g/mol. The average molecular weight is 324 g/mol. The van der Waals surface area contributed by atoms with Crippen LogP contribution < -0.4 is 20.1 Å². The fraction of sp³-hybridized carbons (Fsp3) is 0.316. The van der Waals surface area contributed by atoms with Crippen LogP contribution in [-0.2, 0) is 12.1 Å². The van der Waals surface area contributed by atoms with Crippen LogP contribution in [0.2, 0.25) is 0 Å². The number of benzene rings is 2. The zero-order valence-corrected chi connectivity index (χ0v) is 13.6. The van der Waals surface area contributed by atoms with Crippen molar-refractivity contribution in [1.29, 1.82) is 0 Å². The summed E-state index contributed by atoms with van der Waals surface area (Å²) >= 11 is 0. The summed E-state index contributed by atoms with van der Waals surface area (Å²) in [6.07, 6.45) is 1.96. The first kappa shape index (κ1) is 14.9. The van der Waals surface area contributed by atoms with E-state index in [2.05, 4.69) is 41.8 Å².